The summed E-state index contributed by atoms with van der Waals surface area (Å²) in [6, 6.07) is 9.81. The van der Waals surface area contributed by atoms with E-state index in [9.17, 15) is 5.26 Å². The van der Waals surface area contributed by atoms with Gasteiger partial charge in [-0.1, -0.05) is 19.1 Å². The zero-order valence-electron chi connectivity index (χ0n) is 17.4. The molecule has 1 aromatic heterocycles. The first-order valence-corrected chi connectivity index (χ1v) is 10.1. The molecule has 1 aliphatic heterocycles. The van der Waals surface area contributed by atoms with Crippen LogP contribution in [0.5, 0.6) is 5.75 Å². The molecule has 1 unspecified atom stereocenters. The summed E-state index contributed by atoms with van der Waals surface area (Å²) in [6.07, 6.45) is 2.51. The van der Waals surface area contributed by atoms with E-state index >= 15 is 0 Å². The summed E-state index contributed by atoms with van der Waals surface area (Å²) < 4.78 is 11.3. The highest BCUT2D eigenvalue weighted by molar-refractivity contribution is 5.79. The van der Waals surface area contributed by atoms with Crippen molar-refractivity contribution in [1.82, 2.24) is 4.98 Å². The van der Waals surface area contributed by atoms with Gasteiger partial charge in [0.1, 0.15) is 29.8 Å². The summed E-state index contributed by atoms with van der Waals surface area (Å²) in [5.41, 5.74) is 10.3. The molecule has 0 amide bonds. The van der Waals surface area contributed by atoms with Crippen molar-refractivity contribution < 1.29 is 14.6 Å². The summed E-state index contributed by atoms with van der Waals surface area (Å²) in [6.45, 7) is 7.19. The number of nitrogen functional groups attached to an aromatic ring is 1. The van der Waals surface area contributed by atoms with Gasteiger partial charge in [-0.15, -0.1) is 0 Å². The van der Waals surface area contributed by atoms with Crippen LogP contribution in [-0.4, -0.2) is 35.5 Å². The first-order chi connectivity index (χ1) is 13.9. The molecule has 0 saturated carbocycles. The number of aliphatic hydroxyl groups excluding tert-OH is 1. The highest BCUT2D eigenvalue weighted by atomic mass is 16.5. The lowest BCUT2D eigenvalue weighted by Gasteiger charge is -2.36. The van der Waals surface area contributed by atoms with Crippen molar-refractivity contribution in [2.75, 3.05) is 25.6 Å². The second-order valence-corrected chi connectivity index (χ2v) is 7.97. The number of nitrogens with zero attached hydrogens (tertiary/aromatic N) is 2. The lowest BCUT2D eigenvalue weighted by Crippen LogP contribution is -2.33. The maximum Gasteiger partial charge on any atom is 0.142 e. The van der Waals surface area contributed by atoms with Crippen molar-refractivity contribution in [3.05, 3.63) is 41.1 Å². The first kappa shape index (κ1) is 21.1. The van der Waals surface area contributed by atoms with Crippen LogP contribution in [0.1, 0.15) is 56.4 Å². The van der Waals surface area contributed by atoms with Gasteiger partial charge in [0.05, 0.1) is 12.2 Å². The average Bonchev–Trinajstić information content (AvgIpc) is 2.71. The van der Waals surface area contributed by atoms with Gasteiger partial charge in [0.2, 0.25) is 0 Å². The number of pyridine rings is 1. The molecule has 0 bridgehead atoms. The maximum atomic E-state index is 9.79. The van der Waals surface area contributed by atoms with E-state index in [2.05, 4.69) is 26.8 Å². The summed E-state index contributed by atoms with van der Waals surface area (Å²) in [5, 5.41) is 18.7. The average molecular weight is 396 g/mol. The van der Waals surface area contributed by atoms with Crippen LogP contribution in [0.25, 0.3) is 11.1 Å². The Balaban J connectivity index is 2.10. The number of ether oxygens (including phenoxy) is 2. The molecule has 2 heterocycles. The number of anilines is 1. The van der Waals surface area contributed by atoms with Crippen molar-refractivity contribution >= 4 is 5.82 Å². The molecule has 6 nitrogen and oxygen atoms in total. The lowest BCUT2D eigenvalue weighted by molar-refractivity contribution is -0.0598. The molecular weight excluding hydrogens is 366 g/mol. The fourth-order valence-corrected chi connectivity index (χ4v) is 4.13. The van der Waals surface area contributed by atoms with E-state index in [-0.39, 0.29) is 30.6 Å². The molecule has 3 N–H and O–H groups in total. The molecular formula is C23H29N3O3. The predicted octanol–water partition coefficient (Wildman–Crippen LogP) is 3.81. The van der Waals surface area contributed by atoms with Gasteiger partial charge in [-0.2, -0.15) is 5.26 Å². The predicted molar refractivity (Wildman–Crippen MR) is 113 cm³/mol. The lowest BCUT2D eigenvalue weighted by atomic mass is 9.81. The Kier molecular flexibility index (Phi) is 6.41. The second kappa shape index (κ2) is 8.81. The molecule has 0 aliphatic carbocycles. The van der Waals surface area contributed by atoms with E-state index in [1.165, 1.54) is 0 Å². The first-order valence-electron chi connectivity index (χ1n) is 10.1. The van der Waals surface area contributed by atoms with Gasteiger partial charge >= 0.3 is 0 Å². The minimum Gasteiger partial charge on any atom is -0.491 e. The molecule has 1 fully saturated rings. The number of hydrogen-bond donors (Lipinski definition) is 2. The molecule has 1 saturated heterocycles. The van der Waals surface area contributed by atoms with Crippen molar-refractivity contribution in [3.63, 3.8) is 0 Å². The summed E-state index contributed by atoms with van der Waals surface area (Å²) in [7, 11) is 0. The Morgan fingerprint density at radius 1 is 1.34 bits per heavy atom. The highest BCUT2D eigenvalue weighted by Gasteiger charge is 2.33. The Bertz CT molecular complexity index is 901. The molecule has 2 aromatic rings. The molecule has 6 heteroatoms. The van der Waals surface area contributed by atoms with Crippen LogP contribution in [0.3, 0.4) is 0 Å². The van der Waals surface area contributed by atoms with E-state index in [0.717, 1.165) is 41.6 Å². The number of aliphatic hydroxyl groups is 1. The second-order valence-electron chi connectivity index (χ2n) is 7.97. The van der Waals surface area contributed by atoms with Crippen molar-refractivity contribution in [1.29, 1.82) is 5.26 Å². The Hall–Kier alpha value is -2.62. The van der Waals surface area contributed by atoms with Gasteiger partial charge in [-0.25, -0.2) is 4.98 Å². The van der Waals surface area contributed by atoms with E-state index in [1.807, 2.05) is 24.3 Å². The zero-order chi connectivity index (χ0) is 21.0. The third-order valence-electron chi connectivity index (χ3n) is 5.41. The van der Waals surface area contributed by atoms with Crippen LogP contribution in [0.4, 0.5) is 5.82 Å². The van der Waals surface area contributed by atoms with Gasteiger partial charge in [-0.3, -0.25) is 0 Å². The summed E-state index contributed by atoms with van der Waals surface area (Å²) in [5.74, 6) is 1.20. The van der Waals surface area contributed by atoms with Crippen molar-refractivity contribution in [2.45, 2.75) is 51.6 Å². The monoisotopic (exact) mass is 395 g/mol. The van der Waals surface area contributed by atoms with Gasteiger partial charge in [0.25, 0.3) is 0 Å². The minimum atomic E-state index is -0.204. The maximum absolute atomic E-state index is 9.79. The van der Waals surface area contributed by atoms with Crippen LogP contribution in [0.2, 0.25) is 0 Å². The fraction of sp³-hybridized carbons (Fsp3) is 0.478. The summed E-state index contributed by atoms with van der Waals surface area (Å²) >= 11 is 0. The van der Waals surface area contributed by atoms with Crippen molar-refractivity contribution in [3.8, 4) is 22.9 Å². The van der Waals surface area contributed by atoms with Crippen LogP contribution in [-0.2, 0) is 11.2 Å². The number of rotatable bonds is 6. The number of nitriles is 1. The van der Waals surface area contributed by atoms with Gasteiger partial charge in [0, 0.05) is 23.8 Å². The van der Waals surface area contributed by atoms with Crippen LogP contribution in [0.15, 0.2) is 24.3 Å². The molecule has 1 aromatic carbocycles. The molecule has 1 atom stereocenters. The van der Waals surface area contributed by atoms with Crippen LogP contribution >= 0.6 is 0 Å². The zero-order valence-corrected chi connectivity index (χ0v) is 17.4. The molecule has 0 spiro atoms. The normalized spacial score (nSPS) is 18.2. The highest BCUT2D eigenvalue weighted by Crippen LogP contribution is 2.41. The number of benzene rings is 1. The van der Waals surface area contributed by atoms with E-state index < -0.39 is 0 Å². The van der Waals surface area contributed by atoms with Crippen LogP contribution in [0, 0.1) is 11.3 Å². The van der Waals surface area contributed by atoms with Crippen LogP contribution < -0.4 is 10.5 Å². The standard InChI is InChI=1S/C23H29N3O3/c1-4-18-20(15-5-7-17(8-6-15)28-12-10-27)19(14-24)22(25)26-21(18)16-9-11-29-23(2,3)13-16/h5-8,16,27H,4,9-13H2,1-3H3,(H2,25,26). The Morgan fingerprint density at radius 3 is 2.66 bits per heavy atom. The molecule has 154 valence electrons. The Labute approximate surface area is 172 Å². The topological polar surface area (TPSA) is 101 Å². The van der Waals surface area contributed by atoms with Gasteiger partial charge < -0.3 is 20.3 Å². The minimum absolute atomic E-state index is 0.0357. The van der Waals surface area contributed by atoms with E-state index in [0.29, 0.717) is 17.9 Å². The number of aromatic nitrogens is 1. The van der Waals surface area contributed by atoms with Gasteiger partial charge in [-0.05, 0) is 56.4 Å². The molecule has 1 aliphatic rings. The van der Waals surface area contributed by atoms with Crippen molar-refractivity contribution in [2.24, 2.45) is 0 Å². The number of hydrogen-bond acceptors (Lipinski definition) is 6. The number of nitrogens with two attached hydrogens (primary N) is 1. The Morgan fingerprint density at radius 2 is 2.07 bits per heavy atom. The van der Waals surface area contributed by atoms with E-state index in [1.54, 1.807) is 0 Å². The quantitative estimate of drug-likeness (QED) is 0.771. The molecule has 29 heavy (non-hydrogen) atoms. The molecule has 0 radical (unpaired) electrons. The van der Waals surface area contributed by atoms with Gasteiger partial charge in [0.15, 0.2) is 0 Å². The largest absolute Gasteiger partial charge is 0.491 e. The molecule has 3 rings (SSSR count). The SMILES string of the molecule is CCc1c(C2CCOC(C)(C)C2)nc(N)c(C#N)c1-c1ccc(OCCO)cc1. The smallest absolute Gasteiger partial charge is 0.142 e. The fourth-order valence-electron chi connectivity index (χ4n) is 4.13. The summed E-state index contributed by atoms with van der Waals surface area (Å²) in [4.78, 5) is 4.70. The third-order valence-corrected chi connectivity index (χ3v) is 5.41. The van der Waals surface area contributed by atoms with E-state index in [4.69, 9.17) is 25.3 Å². The third kappa shape index (κ3) is 4.52.